The number of piperidine rings is 2. The summed E-state index contributed by atoms with van der Waals surface area (Å²) in [5, 5.41) is 2.37. The predicted molar refractivity (Wildman–Crippen MR) is 51.5 cm³/mol. The third-order valence-electron chi connectivity index (χ3n) is 3.20. The maximum absolute atomic E-state index is 11.3. The van der Waals surface area contributed by atoms with Crippen LogP contribution in [0.2, 0.25) is 0 Å². The molecule has 0 radical (unpaired) electrons. The molecule has 2 fully saturated rings. The van der Waals surface area contributed by atoms with Crippen molar-refractivity contribution in [3.05, 3.63) is 0 Å². The molecule has 0 bridgehead atoms. The van der Waals surface area contributed by atoms with Crippen LogP contribution in [-0.4, -0.2) is 36.9 Å². The van der Waals surface area contributed by atoms with Gasteiger partial charge in [0.1, 0.15) is 0 Å². The molecule has 0 aromatic carbocycles. The Morgan fingerprint density at radius 2 is 1.93 bits per heavy atom. The van der Waals surface area contributed by atoms with E-state index in [0.29, 0.717) is 12.8 Å². The number of hydrogen-bond donors (Lipinski definition) is 1. The first-order valence-corrected chi connectivity index (χ1v) is 5.11. The lowest BCUT2D eigenvalue weighted by atomic mass is 9.72. The van der Waals surface area contributed by atoms with Crippen molar-refractivity contribution in [1.29, 1.82) is 0 Å². The first kappa shape index (κ1) is 9.65. The third kappa shape index (κ3) is 1.80. The molecular weight excluding hydrogens is 180 g/mol. The Labute approximate surface area is 83.6 Å². The number of carbonyl (C=O) groups excluding carboxylic acids is 2. The van der Waals surface area contributed by atoms with Gasteiger partial charge in [0, 0.05) is 24.8 Å². The molecule has 0 aromatic heterocycles. The second kappa shape index (κ2) is 3.35. The number of nitrogens with one attached hydrogen (secondary N) is 1. The van der Waals surface area contributed by atoms with E-state index >= 15 is 0 Å². The Hall–Kier alpha value is -0.900. The Morgan fingerprint density at radius 1 is 1.29 bits per heavy atom. The van der Waals surface area contributed by atoms with Gasteiger partial charge in [-0.05, 0) is 26.4 Å². The van der Waals surface area contributed by atoms with Crippen molar-refractivity contribution in [2.75, 3.05) is 20.1 Å². The Bertz CT molecular complexity index is 259. The van der Waals surface area contributed by atoms with Gasteiger partial charge in [0.2, 0.25) is 11.8 Å². The molecule has 0 unspecified atom stereocenters. The molecule has 0 atom stereocenters. The number of nitrogens with zero attached hydrogens (tertiary/aromatic N) is 1. The molecule has 2 aliphatic rings. The Morgan fingerprint density at radius 3 is 2.50 bits per heavy atom. The van der Waals surface area contributed by atoms with Crippen LogP contribution in [-0.2, 0) is 9.59 Å². The molecule has 2 rings (SSSR count). The zero-order valence-electron chi connectivity index (χ0n) is 8.51. The number of imide groups is 1. The minimum absolute atomic E-state index is 0.0631. The van der Waals surface area contributed by atoms with Crippen molar-refractivity contribution in [2.45, 2.75) is 25.7 Å². The average Bonchev–Trinajstić information content (AvgIpc) is 1.99. The van der Waals surface area contributed by atoms with Crippen LogP contribution in [0.4, 0.5) is 0 Å². The third-order valence-corrected chi connectivity index (χ3v) is 3.20. The summed E-state index contributed by atoms with van der Waals surface area (Å²) in [5.41, 5.74) is -0.0631. The molecule has 2 heterocycles. The van der Waals surface area contributed by atoms with Crippen LogP contribution < -0.4 is 5.32 Å². The quantitative estimate of drug-likeness (QED) is 0.560. The molecule has 2 amide bonds. The van der Waals surface area contributed by atoms with Crippen molar-refractivity contribution < 1.29 is 9.59 Å². The standard InChI is InChI=1S/C10H16N2O2/c1-12-4-2-3-10(7-12)5-8(13)11-9(14)6-10/h2-7H2,1H3,(H,11,13,14). The fourth-order valence-electron chi connectivity index (χ4n) is 2.73. The highest BCUT2D eigenvalue weighted by molar-refractivity contribution is 5.98. The summed E-state index contributed by atoms with van der Waals surface area (Å²) in [6.07, 6.45) is 3.14. The van der Waals surface area contributed by atoms with Gasteiger partial charge in [0.05, 0.1) is 0 Å². The SMILES string of the molecule is CN1CCCC2(CC(=O)NC(=O)C2)C1. The summed E-state index contributed by atoms with van der Waals surface area (Å²) in [6, 6.07) is 0. The van der Waals surface area contributed by atoms with E-state index < -0.39 is 0 Å². The zero-order chi connectivity index (χ0) is 10.2. The summed E-state index contributed by atoms with van der Waals surface area (Å²) < 4.78 is 0. The Kier molecular flexibility index (Phi) is 2.31. The van der Waals surface area contributed by atoms with Gasteiger partial charge in [-0.3, -0.25) is 14.9 Å². The Balaban J connectivity index is 2.13. The number of hydrogen-bond acceptors (Lipinski definition) is 3. The molecule has 4 heteroatoms. The molecule has 1 spiro atoms. The van der Waals surface area contributed by atoms with Crippen molar-refractivity contribution in [3.63, 3.8) is 0 Å². The van der Waals surface area contributed by atoms with Gasteiger partial charge in [0.25, 0.3) is 0 Å². The van der Waals surface area contributed by atoms with E-state index in [1.54, 1.807) is 0 Å². The lowest BCUT2D eigenvalue weighted by Gasteiger charge is -2.42. The van der Waals surface area contributed by atoms with Crippen LogP contribution in [0.3, 0.4) is 0 Å². The zero-order valence-corrected chi connectivity index (χ0v) is 8.51. The van der Waals surface area contributed by atoms with Gasteiger partial charge in [-0.25, -0.2) is 0 Å². The fraction of sp³-hybridized carbons (Fsp3) is 0.800. The van der Waals surface area contributed by atoms with E-state index in [2.05, 4.69) is 17.3 Å². The minimum Gasteiger partial charge on any atom is -0.306 e. The second-order valence-electron chi connectivity index (χ2n) is 4.67. The lowest BCUT2D eigenvalue weighted by molar-refractivity contribution is -0.139. The van der Waals surface area contributed by atoms with Crippen molar-refractivity contribution in [3.8, 4) is 0 Å². The number of rotatable bonds is 0. The highest BCUT2D eigenvalue weighted by atomic mass is 16.2. The smallest absolute Gasteiger partial charge is 0.227 e. The molecule has 4 nitrogen and oxygen atoms in total. The molecule has 14 heavy (non-hydrogen) atoms. The fourth-order valence-corrected chi connectivity index (χ4v) is 2.73. The summed E-state index contributed by atoms with van der Waals surface area (Å²) in [7, 11) is 2.05. The van der Waals surface area contributed by atoms with Gasteiger partial charge in [-0.2, -0.15) is 0 Å². The van der Waals surface area contributed by atoms with Crippen LogP contribution in [0.1, 0.15) is 25.7 Å². The number of amides is 2. The molecule has 1 N–H and O–H groups in total. The summed E-state index contributed by atoms with van der Waals surface area (Å²) in [4.78, 5) is 24.8. The molecule has 78 valence electrons. The van der Waals surface area contributed by atoms with E-state index in [0.717, 1.165) is 25.9 Å². The van der Waals surface area contributed by atoms with Gasteiger partial charge < -0.3 is 4.90 Å². The van der Waals surface area contributed by atoms with Gasteiger partial charge in [-0.1, -0.05) is 0 Å². The van der Waals surface area contributed by atoms with Gasteiger partial charge >= 0.3 is 0 Å². The molecule has 0 aliphatic carbocycles. The molecule has 0 saturated carbocycles. The maximum Gasteiger partial charge on any atom is 0.227 e. The molecule has 2 aliphatic heterocycles. The van der Waals surface area contributed by atoms with Crippen molar-refractivity contribution in [2.24, 2.45) is 5.41 Å². The van der Waals surface area contributed by atoms with E-state index in [4.69, 9.17) is 0 Å². The van der Waals surface area contributed by atoms with Gasteiger partial charge in [-0.15, -0.1) is 0 Å². The first-order chi connectivity index (χ1) is 6.60. The van der Waals surface area contributed by atoms with E-state index in [-0.39, 0.29) is 17.2 Å². The van der Waals surface area contributed by atoms with Gasteiger partial charge in [0.15, 0.2) is 0 Å². The molecular formula is C10H16N2O2. The lowest BCUT2D eigenvalue weighted by Crippen LogP contribution is -2.51. The monoisotopic (exact) mass is 196 g/mol. The van der Waals surface area contributed by atoms with E-state index in [1.807, 2.05) is 0 Å². The first-order valence-electron chi connectivity index (χ1n) is 5.11. The van der Waals surface area contributed by atoms with E-state index in [9.17, 15) is 9.59 Å². The van der Waals surface area contributed by atoms with Crippen LogP contribution in [0, 0.1) is 5.41 Å². The highest BCUT2D eigenvalue weighted by Gasteiger charge is 2.41. The van der Waals surface area contributed by atoms with Crippen molar-refractivity contribution >= 4 is 11.8 Å². The average molecular weight is 196 g/mol. The largest absolute Gasteiger partial charge is 0.306 e. The molecule has 2 saturated heterocycles. The number of likely N-dealkylation sites (tertiary alicyclic amines) is 1. The summed E-state index contributed by atoms with van der Waals surface area (Å²) in [5.74, 6) is -0.201. The maximum atomic E-state index is 11.3. The second-order valence-corrected chi connectivity index (χ2v) is 4.67. The van der Waals surface area contributed by atoms with Crippen LogP contribution in [0.5, 0.6) is 0 Å². The molecule has 0 aromatic rings. The van der Waals surface area contributed by atoms with E-state index in [1.165, 1.54) is 0 Å². The summed E-state index contributed by atoms with van der Waals surface area (Å²) >= 11 is 0. The van der Waals surface area contributed by atoms with Crippen LogP contribution >= 0.6 is 0 Å². The highest BCUT2D eigenvalue weighted by Crippen LogP contribution is 2.38. The predicted octanol–water partition coefficient (Wildman–Crippen LogP) is 0.135. The van der Waals surface area contributed by atoms with Crippen molar-refractivity contribution in [1.82, 2.24) is 10.2 Å². The normalized spacial score (nSPS) is 27.8. The summed E-state index contributed by atoms with van der Waals surface area (Å²) in [6.45, 7) is 1.96. The topological polar surface area (TPSA) is 49.4 Å². The van der Waals surface area contributed by atoms with Crippen LogP contribution in [0.25, 0.3) is 0 Å². The minimum atomic E-state index is -0.100. The van der Waals surface area contributed by atoms with Crippen LogP contribution in [0.15, 0.2) is 0 Å². The number of carbonyl (C=O) groups is 2.